The van der Waals surface area contributed by atoms with Gasteiger partial charge in [0.1, 0.15) is 5.82 Å². The number of benzene rings is 2. The number of thiophene rings is 1. The quantitative estimate of drug-likeness (QED) is 0.547. The van der Waals surface area contributed by atoms with Gasteiger partial charge in [-0.15, -0.1) is 11.3 Å². The smallest absolute Gasteiger partial charge is 0.261 e. The molecule has 2 aromatic carbocycles. The lowest BCUT2D eigenvalue weighted by Crippen LogP contribution is -2.37. The molecule has 0 radical (unpaired) electrons. The summed E-state index contributed by atoms with van der Waals surface area (Å²) in [4.78, 5) is 16.1. The van der Waals surface area contributed by atoms with E-state index in [-0.39, 0.29) is 16.5 Å². The minimum atomic E-state index is -3.97. The molecule has 1 aliphatic rings. The Bertz CT molecular complexity index is 1240. The summed E-state index contributed by atoms with van der Waals surface area (Å²) >= 11 is 1.79. The van der Waals surface area contributed by atoms with E-state index in [4.69, 9.17) is 0 Å². The van der Waals surface area contributed by atoms with E-state index in [0.717, 1.165) is 32.1 Å². The van der Waals surface area contributed by atoms with E-state index in [9.17, 15) is 17.6 Å². The standard InChI is InChI=1S/C23H24FN3O3S2/c1-16-5-6-20(14-21(16)24)32(29,30)26-19-4-2-3-17(13-19)23(28)25-9-11-27-10-7-22-18(15-27)8-12-31-22/h2-6,8,12-14,26H,7,9-11,15H2,1H3,(H,25,28). The Kier molecular flexibility index (Phi) is 6.59. The SMILES string of the molecule is Cc1ccc(S(=O)(=O)Nc2cccc(C(=O)NCCN3CCc4sccc4C3)c2)cc1F. The van der Waals surface area contributed by atoms with Gasteiger partial charge < -0.3 is 5.32 Å². The third-order valence-corrected chi connectivity index (χ3v) is 7.83. The molecular weight excluding hydrogens is 449 g/mol. The number of hydrogen-bond donors (Lipinski definition) is 2. The maximum absolute atomic E-state index is 13.8. The number of nitrogens with one attached hydrogen (secondary N) is 2. The number of amides is 1. The number of carbonyl (C=O) groups is 1. The molecule has 2 heterocycles. The van der Waals surface area contributed by atoms with Gasteiger partial charge >= 0.3 is 0 Å². The van der Waals surface area contributed by atoms with Gasteiger partial charge in [-0.05, 0) is 66.2 Å². The Balaban J connectivity index is 1.35. The summed E-state index contributed by atoms with van der Waals surface area (Å²) in [5.74, 6) is -0.870. The highest BCUT2D eigenvalue weighted by Crippen LogP contribution is 2.23. The number of anilines is 1. The van der Waals surface area contributed by atoms with Gasteiger partial charge in [0.25, 0.3) is 15.9 Å². The summed E-state index contributed by atoms with van der Waals surface area (Å²) in [6.45, 7) is 4.67. The van der Waals surface area contributed by atoms with Crippen LogP contribution in [-0.4, -0.2) is 38.9 Å². The molecule has 4 rings (SSSR count). The van der Waals surface area contributed by atoms with E-state index < -0.39 is 15.8 Å². The molecule has 0 aliphatic carbocycles. The molecule has 0 saturated carbocycles. The molecule has 32 heavy (non-hydrogen) atoms. The monoisotopic (exact) mass is 473 g/mol. The first kappa shape index (κ1) is 22.4. The first-order valence-corrected chi connectivity index (χ1v) is 12.6. The molecule has 3 aromatic rings. The Labute approximate surface area is 191 Å². The molecule has 0 fully saturated rings. The van der Waals surface area contributed by atoms with Gasteiger partial charge in [0.2, 0.25) is 0 Å². The highest BCUT2D eigenvalue weighted by atomic mass is 32.2. The molecule has 2 N–H and O–H groups in total. The van der Waals surface area contributed by atoms with Crippen molar-refractivity contribution in [3.05, 3.63) is 81.3 Å². The number of hydrogen-bond acceptors (Lipinski definition) is 5. The van der Waals surface area contributed by atoms with Crippen molar-refractivity contribution in [3.63, 3.8) is 0 Å². The van der Waals surface area contributed by atoms with Crippen LogP contribution in [0.4, 0.5) is 10.1 Å². The van der Waals surface area contributed by atoms with Crippen LogP contribution in [0.3, 0.4) is 0 Å². The van der Waals surface area contributed by atoms with Crippen molar-refractivity contribution < 1.29 is 17.6 Å². The predicted molar refractivity (Wildman–Crippen MR) is 124 cm³/mol. The fourth-order valence-electron chi connectivity index (χ4n) is 3.61. The van der Waals surface area contributed by atoms with Crippen molar-refractivity contribution in [3.8, 4) is 0 Å². The van der Waals surface area contributed by atoms with Crippen molar-refractivity contribution in [2.75, 3.05) is 24.4 Å². The van der Waals surface area contributed by atoms with Gasteiger partial charge in [-0.25, -0.2) is 12.8 Å². The average Bonchev–Trinajstić information content (AvgIpc) is 3.23. The van der Waals surface area contributed by atoms with Crippen LogP contribution in [0.25, 0.3) is 0 Å². The largest absolute Gasteiger partial charge is 0.351 e. The number of sulfonamides is 1. The van der Waals surface area contributed by atoms with Crippen molar-refractivity contribution in [1.82, 2.24) is 10.2 Å². The zero-order valence-electron chi connectivity index (χ0n) is 17.6. The van der Waals surface area contributed by atoms with Gasteiger partial charge in [-0.1, -0.05) is 12.1 Å². The maximum atomic E-state index is 13.8. The Morgan fingerprint density at radius 2 is 2.03 bits per heavy atom. The summed E-state index contributed by atoms with van der Waals surface area (Å²) in [6.07, 6.45) is 1.04. The normalized spacial score (nSPS) is 14.1. The number of carbonyl (C=O) groups excluding carboxylic acids is 1. The van der Waals surface area contributed by atoms with Gasteiger partial charge in [0, 0.05) is 42.3 Å². The lowest BCUT2D eigenvalue weighted by atomic mass is 10.1. The van der Waals surface area contributed by atoms with E-state index in [1.165, 1.54) is 28.6 Å². The Morgan fingerprint density at radius 1 is 1.19 bits per heavy atom. The van der Waals surface area contributed by atoms with Crippen molar-refractivity contribution in [2.45, 2.75) is 24.8 Å². The van der Waals surface area contributed by atoms with E-state index in [0.29, 0.717) is 17.7 Å². The molecular formula is C23H24FN3O3S2. The summed E-state index contributed by atoms with van der Waals surface area (Å²) < 4.78 is 41.3. The van der Waals surface area contributed by atoms with Crippen molar-refractivity contribution in [1.29, 1.82) is 0 Å². The number of fused-ring (bicyclic) bond motifs is 1. The van der Waals surface area contributed by atoms with Crippen LogP contribution in [-0.2, 0) is 23.0 Å². The minimum Gasteiger partial charge on any atom is -0.351 e. The number of rotatable bonds is 7. The predicted octanol–water partition coefficient (Wildman–Crippen LogP) is 3.78. The molecule has 1 amide bonds. The molecule has 1 aliphatic heterocycles. The lowest BCUT2D eigenvalue weighted by molar-refractivity contribution is 0.0947. The molecule has 1 aromatic heterocycles. The maximum Gasteiger partial charge on any atom is 0.261 e. The molecule has 0 saturated heterocycles. The summed E-state index contributed by atoms with van der Waals surface area (Å²) in [5.41, 5.74) is 2.31. The van der Waals surface area contributed by atoms with Crippen LogP contribution >= 0.6 is 11.3 Å². The molecule has 168 valence electrons. The summed E-state index contributed by atoms with van der Waals surface area (Å²) in [7, 11) is -3.97. The molecule has 0 bridgehead atoms. The first-order chi connectivity index (χ1) is 15.3. The zero-order chi connectivity index (χ0) is 22.7. The second-order valence-electron chi connectivity index (χ2n) is 7.75. The number of halogens is 1. The van der Waals surface area contributed by atoms with Crippen LogP contribution in [0.15, 0.2) is 58.8 Å². The van der Waals surface area contributed by atoms with Gasteiger partial charge in [-0.2, -0.15) is 0 Å². The second kappa shape index (κ2) is 9.40. The molecule has 6 nitrogen and oxygen atoms in total. The van der Waals surface area contributed by atoms with Crippen LogP contribution < -0.4 is 10.0 Å². The molecule has 0 unspecified atom stereocenters. The van der Waals surface area contributed by atoms with Crippen molar-refractivity contribution >= 4 is 33.0 Å². The van der Waals surface area contributed by atoms with E-state index in [2.05, 4.69) is 26.4 Å². The Morgan fingerprint density at radius 3 is 2.84 bits per heavy atom. The van der Waals surface area contributed by atoms with Crippen LogP contribution in [0.2, 0.25) is 0 Å². The summed E-state index contributed by atoms with van der Waals surface area (Å²) in [5, 5.41) is 5.01. The first-order valence-electron chi connectivity index (χ1n) is 10.3. The zero-order valence-corrected chi connectivity index (χ0v) is 19.2. The highest BCUT2D eigenvalue weighted by molar-refractivity contribution is 7.92. The second-order valence-corrected chi connectivity index (χ2v) is 10.4. The molecule has 0 atom stereocenters. The average molecular weight is 474 g/mol. The van der Waals surface area contributed by atoms with Crippen LogP contribution in [0, 0.1) is 12.7 Å². The fourth-order valence-corrected chi connectivity index (χ4v) is 5.56. The number of aryl methyl sites for hydroxylation is 1. The number of nitrogens with zero attached hydrogens (tertiary/aromatic N) is 1. The Hall–Kier alpha value is -2.75. The molecule has 0 spiro atoms. The summed E-state index contributed by atoms with van der Waals surface area (Å²) in [6, 6.07) is 12.1. The van der Waals surface area contributed by atoms with E-state index >= 15 is 0 Å². The molecule has 9 heteroatoms. The van der Waals surface area contributed by atoms with Gasteiger partial charge in [0.05, 0.1) is 4.90 Å². The third kappa shape index (κ3) is 5.17. The highest BCUT2D eigenvalue weighted by Gasteiger charge is 2.18. The van der Waals surface area contributed by atoms with Crippen LogP contribution in [0.1, 0.15) is 26.4 Å². The lowest BCUT2D eigenvalue weighted by Gasteiger charge is -2.26. The van der Waals surface area contributed by atoms with Gasteiger partial charge in [-0.3, -0.25) is 14.4 Å². The fraction of sp³-hybridized carbons (Fsp3) is 0.261. The van der Waals surface area contributed by atoms with E-state index in [1.54, 1.807) is 36.5 Å². The minimum absolute atomic E-state index is 0.175. The van der Waals surface area contributed by atoms with E-state index in [1.807, 2.05) is 0 Å². The third-order valence-electron chi connectivity index (χ3n) is 5.43. The van der Waals surface area contributed by atoms with Gasteiger partial charge in [0.15, 0.2) is 0 Å². The topological polar surface area (TPSA) is 78.5 Å². The van der Waals surface area contributed by atoms with Crippen LogP contribution in [0.5, 0.6) is 0 Å². The van der Waals surface area contributed by atoms with Crippen molar-refractivity contribution in [2.24, 2.45) is 0 Å².